The fraction of sp³-hybridized carbons (Fsp3) is 0.308. The van der Waals surface area contributed by atoms with E-state index in [-0.39, 0.29) is 10.6 Å². The van der Waals surface area contributed by atoms with E-state index in [1.807, 2.05) is 0 Å². The maximum absolute atomic E-state index is 12.9. The molecule has 0 fully saturated rings. The highest BCUT2D eigenvalue weighted by Gasteiger charge is 2.19. The van der Waals surface area contributed by atoms with E-state index in [9.17, 15) is 9.18 Å². The Labute approximate surface area is 118 Å². The zero-order valence-electron chi connectivity index (χ0n) is 10.9. The second kappa shape index (κ2) is 4.82. The molecule has 0 bridgehead atoms. The Morgan fingerprint density at radius 1 is 1.55 bits per heavy atom. The fourth-order valence-electron chi connectivity index (χ4n) is 2.50. The largest absolute Gasteiger partial charge is 0.333 e. The molecule has 1 aliphatic carbocycles. The molecule has 1 aliphatic rings. The number of fused-ring (bicyclic) bond motifs is 1. The molecule has 5 nitrogen and oxygen atoms in total. The Morgan fingerprint density at radius 3 is 3.05 bits per heavy atom. The van der Waals surface area contributed by atoms with Gasteiger partial charge in [0.2, 0.25) is 0 Å². The number of carbonyl (C=O) groups excluding carboxylic acids is 1. The Hall–Kier alpha value is -2.02. The van der Waals surface area contributed by atoms with Crippen molar-refractivity contribution < 1.29 is 9.18 Å². The number of halogens is 1. The molecule has 0 radical (unpaired) electrons. The maximum Gasteiger partial charge on any atom is 0.261 e. The quantitative estimate of drug-likeness (QED) is 0.886. The van der Waals surface area contributed by atoms with Crippen molar-refractivity contribution in [3.63, 3.8) is 0 Å². The molecule has 2 aromatic heterocycles. The highest BCUT2D eigenvalue weighted by atomic mass is 32.1. The molecule has 0 unspecified atom stereocenters. The van der Waals surface area contributed by atoms with E-state index >= 15 is 0 Å². The summed E-state index contributed by atoms with van der Waals surface area (Å²) < 4.78 is 14.6. The van der Waals surface area contributed by atoms with Crippen LogP contribution >= 0.6 is 11.3 Å². The van der Waals surface area contributed by atoms with Crippen LogP contribution in [-0.2, 0) is 19.9 Å². The van der Waals surface area contributed by atoms with Crippen LogP contribution < -0.4 is 10.8 Å². The van der Waals surface area contributed by atoms with Crippen molar-refractivity contribution in [1.82, 2.24) is 9.55 Å². The van der Waals surface area contributed by atoms with Crippen LogP contribution in [0.25, 0.3) is 0 Å². The van der Waals surface area contributed by atoms with E-state index in [2.05, 4.69) is 10.3 Å². The normalized spacial score (nSPS) is 13.3. The predicted octanol–water partition coefficient (Wildman–Crippen LogP) is 1.84. The van der Waals surface area contributed by atoms with E-state index in [1.54, 1.807) is 17.7 Å². The van der Waals surface area contributed by atoms with Gasteiger partial charge < -0.3 is 4.57 Å². The van der Waals surface area contributed by atoms with Gasteiger partial charge in [-0.3, -0.25) is 15.5 Å². The Bertz CT molecular complexity index is 749. The number of thiazole rings is 1. The molecule has 3 rings (SSSR count). The summed E-state index contributed by atoms with van der Waals surface area (Å²) in [5.41, 5.74) is 2.69. The van der Waals surface area contributed by atoms with Crippen molar-refractivity contribution in [2.45, 2.75) is 19.3 Å². The van der Waals surface area contributed by atoms with Crippen molar-refractivity contribution in [3.05, 3.63) is 39.7 Å². The monoisotopic (exact) mass is 292 g/mol. The fourth-order valence-corrected chi connectivity index (χ4v) is 3.04. The van der Waals surface area contributed by atoms with E-state index < -0.39 is 11.0 Å². The Balaban J connectivity index is 1.96. The molecule has 20 heavy (non-hydrogen) atoms. The van der Waals surface area contributed by atoms with Crippen molar-refractivity contribution >= 4 is 22.4 Å². The summed E-state index contributed by atoms with van der Waals surface area (Å²) in [6.45, 7) is 0. The van der Waals surface area contributed by atoms with Gasteiger partial charge in [0, 0.05) is 12.7 Å². The van der Waals surface area contributed by atoms with Crippen LogP contribution in [0.4, 0.5) is 9.52 Å². The van der Waals surface area contributed by atoms with E-state index in [0.29, 0.717) is 5.56 Å². The van der Waals surface area contributed by atoms with Gasteiger partial charge >= 0.3 is 0 Å². The maximum atomic E-state index is 12.9. The van der Waals surface area contributed by atoms with Crippen LogP contribution in [0.15, 0.2) is 12.3 Å². The molecule has 104 valence electrons. The number of amides is 1. The second-order valence-electron chi connectivity index (χ2n) is 4.71. The summed E-state index contributed by atoms with van der Waals surface area (Å²) in [5, 5.41) is 10.4. The zero-order valence-corrected chi connectivity index (χ0v) is 11.7. The Kier molecular flexibility index (Phi) is 3.13. The molecule has 0 aliphatic heterocycles. The van der Waals surface area contributed by atoms with Crippen LogP contribution in [0.5, 0.6) is 0 Å². The molecule has 0 spiro atoms. The predicted molar refractivity (Wildman–Crippen MR) is 73.3 cm³/mol. The molecule has 0 atom stereocenters. The number of aryl methyl sites for hydroxylation is 1. The molecule has 2 N–H and O–H groups in total. The third kappa shape index (κ3) is 2.14. The highest BCUT2D eigenvalue weighted by molar-refractivity contribution is 7.14. The van der Waals surface area contributed by atoms with E-state index in [4.69, 9.17) is 5.41 Å². The third-order valence-corrected chi connectivity index (χ3v) is 4.19. The molecular weight excluding hydrogens is 279 g/mol. The number of aromatic nitrogens is 2. The first-order valence-corrected chi connectivity index (χ1v) is 7.07. The van der Waals surface area contributed by atoms with Gasteiger partial charge in [-0.1, -0.05) is 11.3 Å². The van der Waals surface area contributed by atoms with Gasteiger partial charge in [0.1, 0.15) is 5.49 Å². The first-order valence-electron chi connectivity index (χ1n) is 6.25. The molecule has 2 heterocycles. The van der Waals surface area contributed by atoms with Crippen molar-refractivity contribution in [2.24, 2.45) is 7.05 Å². The lowest BCUT2D eigenvalue weighted by Crippen LogP contribution is -2.29. The Morgan fingerprint density at radius 2 is 2.35 bits per heavy atom. The molecular formula is C13H13FN4OS. The highest BCUT2D eigenvalue weighted by Crippen LogP contribution is 2.21. The first kappa shape index (κ1) is 13.0. The van der Waals surface area contributed by atoms with Gasteiger partial charge in [0.05, 0.1) is 11.8 Å². The summed E-state index contributed by atoms with van der Waals surface area (Å²) in [4.78, 5) is 15.9. The number of nitrogens with zero attached hydrogens (tertiary/aromatic N) is 2. The van der Waals surface area contributed by atoms with E-state index in [1.165, 1.54) is 0 Å². The summed E-state index contributed by atoms with van der Waals surface area (Å²) in [6.07, 6.45) is 3.98. The molecule has 1 amide bonds. The van der Waals surface area contributed by atoms with Gasteiger partial charge in [-0.15, -0.1) is 0 Å². The minimum atomic E-state index is -0.453. The number of rotatable bonds is 2. The van der Waals surface area contributed by atoms with Crippen LogP contribution in [-0.4, -0.2) is 15.5 Å². The number of pyridine rings is 1. The smallest absolute Gasteiger partial charge is 0.261 e. The van der Waals surface area contributed by atoms with Crippen LogP contribution in [0, 0.1) is 10.5 Å². The van der Waals surface area contributed by atoms with Crippen LogP contribution in [0.1, 0.15) is 28.0 Å². The second-order valence-corrected chi connectivity index (χ2v) is 5.70. The number of hydrogen-bond acceptors (Lipinski definition) is 4. The molecule has 0 saturated heterocycles. The summed E-state index contributed by atoms with van der Waals surface area (Å²) in [7, 11) is 1.80. The molecule has 0 aromatic carbocycles. The third-order valence-electron chi connectivity index (χ3n) is 3.49. The molecule has 2 aromatic rings. The average Bonchev–Trinajstić information content (AvgIpc) is 3.02. The minimum Gasteiger partial charge on any atom is -0.333 e. The standard InChI is InChI=1S/C13H13FN4OS/c1-18-9-4-2-3-7(9)5-8(11(18)15)12(19)17-13-16-6-10(14)20-13/h5-6,15H,2-4H2,1H3,(H,16,17,19). The topological polar surface area (TPSA) is 70.8 Å². The summed E-state index contributed by atoms with van der Waals surface area (Å²) in [5.74, 6) is -0.422. The summed E-state index contributed by atoms with van der Waals surface area (Å²) >= 11 is 0.768. The molecule has 0 saturated carbocycles. The van der Waals surface area contributed by atoms with Crippen molar-refractivity contribution in [3.8, 4) is 0 Å². The zero-order chi connectivity index (χ0) is 14.3. The van der Waals surface area contributed by atoms with Crippen molar-refractivity contribution in [2.75, 3.05) is 5.32 Å². The van der Waals surface area contributed by atoms with Crippen LogP contribution in [0.3, 0.4) is 0 Å². The number of nitrogens with one attached hydrogen (secondary N) is 2. The van der Waals surface area contributed by atoms with Gasteiger partial charge in [-0.2, -0.15) is 4.39 Å². The lowest BCUT2D eigenvalue weighted by molar-refractivity contribution is 0.102. The van der Waals surface area contributed by atoms with Gasteiger partial charge in [0.25, 0.3) is 5.91 Å². The van der Waals surface area contributed by atoms with Gasteiger partial charge in [-0.05, 0) is 30.9 Å². The lowest BCUT2D eigenvalue weighted by atomic mass is 10.1. The van der Waals surface area contributed by atoms with E-state index in [0.717, 1.165) is 48.1 Å². The number of carbonyl (C=O) groups is 1. The first-order chi connectivity index (χ1) is 9.56. The lowest BCUT2D eigenvalue weighted by Gasteiger charge is -2.11. The summed E-state index contributed by atoms with van der Waals surface area (Å²) in [6, 6.07) is 1.77. The number of hydrogen-bond donors (Lipinski definition) is 2. The van der Waals surface area contributed by atoms with Gasteiger partial charge in [-0.25, -0.2) is 4.98 Å². The van der Waals surface area contributed by atoms with Crippen molar-refractivity contribution in [1.29, 1.82) is 5.41 Å². The van der Waals surface area contributed by atoms with Gasteiger partial charge in [0.15, 0.2) is 10.3 Å². The molecule has 7 heteroatoms. The van der Waals surface area contributed by atoms with Crippen LogP contribution in [0.2, 0.25) is 0 Å². The number of anilines is 1. The SMILES string of the molecule is Cn1c2c(cc(C(=O)Nc3ncc(F)s3)c1=N)CCC2. The minimum absolute atomic E-state index is 0.167. The average molecular weight is 292 g/mol.